The number of ether oxygens (including phenoxy) is 4. The van der Waals surface area contributed by atoms with E-state index in [0.29, 0.717) is 11.4 Å². The van der Waals surface area contributed by atoms with E-state index in [1.54, 1.807) is 87.0 Å². The van der Waals surface area contributed by atoms with Gasteiger partial charge in [-0.15, -0.1) is 0 Å². The number of hydrogen-bond donors (Lipinski definition) is 4. The van der Waals surface area contributed by atoms with Gasteiger partial charge < -0.3 is 39.8 Å². The Morgan fingerprint density at radius 1 is 0.355 bits per heavy atom. The van der Waals surface area contributed by atoms with E-state index in [2.05, 4.69) is 64.3 Å². The van der Waals surface area contributed by atoms with Gasteiger partial charge in [0, 0.05) is 11.4 Å². The molecule has 0 heterocycles. The second kappa shape index (κ2) is 25.2. The van der Waals surface area contributed by atoms with Gasteiger partial charge in [-0.2, -0.15) is 0 Å². The third-order valence-electron chi connectivity index (χ3n) is 12.9. The van der Waals surface area contributed by atoms with Crippen LogP contribution in [0, 0.1) is 69.2 Å². The first kappa shape index (κ1) is 56.1. The largest absolute Gasteiger partial charge is 0.496 e. The Morgan fingerprint density at radius 3 is 0.921 bits per heavy atom. The van der Waals surface area contributed by atoms with Gasteiger partial charge >= 0.3 is 11.9 Å². The number of nitrogens with one attached hydrogen (secondary N) is 2. The zero-order valence-corrected chi connectivity index (χ0v) is 45.0. The lowest BCUT2D eigenvalue weighted by molar-refractivity contribution is 0.0683. The van der Waals surface area contributed by atoms with E-state index in [0.717, 1.165) is 79.0 Å². The van der Waals surface area contributed by atoms with Crippen molar-refractivity contribution in [1.29, 1.82) is 0 Å². The second-order valence-electron chi connectivity index (χ2n) is 18.4. The molecule has 0 spiro atoms. The van der Waals surface area contributed by atoms with Gasteiger partial charge in [-0.3, -0.25) is 9.59 Å². The summed E-state index contributed by atoms with van der Waals surface area (Å²) < 4.78 is 24.0. The molecule has 0 aliphatic rings. The lowest BCUT2D eigenvalue weighted by atomic mass is 9.88. The number of para-hydroxylation sites is 2. The molecule has 8 aromatic rings. The first-order valence-electron chi connectivity index (χ1n) is 24.5. The van der Waals surface area contributed by atoms with Crippen molar-refractivity contribution >= 4 is 35.1 Å². The maximum Gasteiger partial charge on any atom is 0.336 e. The minimum Gasteiger partial charge on any atom is -0.496 e. The highest BCUT2D eigenvalue weighted by Gasteiger charge is 2.21. The predicted molar refractivity (Wildman–Crippen MR) is 301 cm³/mol. The summed E-state index contributed by atoms with van der Waals surface area (Å²) in [6.07, 6.45) is 0. The summed E-state index contributed by atoms with van der Waals surface area (Å²) in [6, 6.07) is 42.6. The quantitative estimate of drug-likeness (QED) is 0.0872. The predicted octanol–water partition coefficient (Wildman–Crippen LogP) is 15.3. The normalized spacial score (nSPS) is 10.4. The third kappa shape index (κ3) is 13.3. The number of anilines is 2. The Hall–Kier alpha value is -9.16. The first-order valence-corrected chi connectivity index (χ1v) is 24.5. The van der Waals surface area contributed by atoms with Crippen LogP contribution >= 0.6 is 0 Å². The Labute approximate surface area is 444 Å². The van der Waals surface area contributed by atoms with Crippen LogP contribution in [-0.4, -0.2) is 48.2 Å². The Balaban J connectivity index is 0.000000214. The molecule has 0 aliphatic carbocycles. The number of carbonyl (C=O) groups excluding carboxylic acids is 2. The van der Waals surface area contributed by atoms with E-state index in [4.69, 9.17) is 29.2 Å². The van der Waals surface area contributed by atoms with Gasteiger partial charge in [0.1, 0.15) is 34.5 Å². The lowest BCUT2D eigenvalue weighted by Crippen LogP contribution is -2.16. The maximum atomic E-state index is 12.0. The van der Waals surface area contributed by atoms with E-state index in [9.17, 15) is 19.2 Å². The highest BCUT2D eigenvalue weighted by Crippen LogP contribution is 2.43. The molecule has 0 aromatic heterocycles. The van der Waals surface area contributed by atoms with Gasteiger partial charge in [0.2, 0.25) is 0 Å². The number of methoxy groups -OCH3 is 2. The Bertz CT molecular complexity index is 3170. The summed E-state index contributed by atoms with van der Waals surface area (Å²) in [5.74, 6) is 2.16. The maximum absolute atomic E-state index is 12.0. The molecule has 0 aliphatic heterocycles. The second-order valence-corrected chi connectivity index (χ2v) is 18.4. The van der Waals surface area contributed by atoms with Crippen LogP contribution in [0.4, 0.5) is 11.4 Å². The van der Waals surface area contributed by atoms with E-state index in [-0.39, 0.29) is 22.3 Å². The van der Waals surface area contributed by atoms with Crippen molar-refractivity contribution in [3.05, 3.63) is 223 Å². The van der Waals surface area contributed by atoms with Gasteiger partial charge in [-0.1, -0.05) is 60.7 Å². The molecule has 0 radical (unpaired) electrons. The molecular weight excluding hydrogens is 957 g/mol. The smallest absolute Gasteiger partial charge is 0.336 e. The van der Waals surface area contributed by atoms with Crippen LogP contribution in [0.15, 0.2) is 146 Å². The fraction of sp³-hybridized carbons (Fsp3) is 0.188. The van der Waals surface area contributed by atoms with Crippen LogP contribution < -0.4 is 29.6 Å². The topological polar surface area (TPSA) is 170 Å². The zero-order valence-electron chi connectivity index (χ0n) is 45.0. The average Bonchev–Trinajstić information content (AvgIpc) is 3.40. The van der Waals surface area contributed by atoms with Crippen LogP contribution in [0.25, 0.3) is 11.1 Å². The van der Waals surface area contributed by atoms with Crippen LogP contribution in [0.3, 0.4) is 0 Å². The van der Waals surface area contributed by atoms with Gasteiger partial charge in [-0.25, -0.2) is 9.59 Å². The van der Waals surface area contributed by atoms with E-state index >= 15 is 0 Å². The van der Waals surface area contributed by atoms with Crippen molar-refractivity contribution in [2.75, 3.05) is 24.9 Å². The fourth-order valence-corrected chi connectivity index (χ4v) is 8.98. The van der Waals surface area contributed by atoms with Gasteiger partial charge in [-0.05, 0) is 221 Å². The number of amides is 2. The van der Waals surface area contributed by atoms with Crippen molar-refractivity contribution in [3.8, 4) is 45.6 Å². The molecule has 0 atom stereocenters. The number of aromatic carboxylic acids is 2. The number of benzene rings is 8. The molecule has 0 fully saturated rings. The molecule has 0 saturated heterocycles. The van der Waals surface area contributed by atoms with Crippen molar-refractivity contribution in [1.82, 2.24) is 0 Å². The first-order chi connectivity index (χ1) is 36.2. The van der Waals surface area contributed by atoms with Gasteiger partial charge in [0.05, 0.1) is 36.5 Å². The summed E-state index contributed by atoms with van der Waals surface area (Å²) in [7, 11) is 3.41. The summed E-state index contributed by atoms with van der Waals surface area (Å²) >= 11 is 0. The summed E-state index contributed by atoms with van der Waals surface area (Å²) in [5.41, 5.74) is 15.1. The molecule has 0 bridgehead atoms. The van der Waals surface area contributed by atoms with Crippen molar-refractivity contribution in [3.63, 3.8) is 0 Å². The van der Waals surface area contributed by atoms with E-state index in [1.807, 2.05) is 64.1 Å². The van der Waals surface area contributed by atoms with Gasteiger partial charge in [0.25, 0.3) is 11.8 Å². The number of carboxylic acids is 2. The molecular formula is C64H64N2O10. The molecule has 2 amide bonds. The molecule has 390 valence electrons. The molecule has 12 nitrogen and oxygen atoms in total. The molecule has 8 aromatic carbocycles. The highest BCUT2D eigenvalue weighted by molar-refractivity contribution is 6.11. The molecule has 76 heavy (non-hydrogen) atoms. The van der Waals surface area contributed by atoms with Crippen LogP contribution in [0.1, 0.15) is 97.1 Å². The zero-order chi connectivity index (χ0) is 55.4. The number of aryl methyl sites for hydroxylation is 6. The summed E-state index contributed by atoms with van der Waals surface area (Å²) in [5, 5.41) is 23.3. The van der Waals surface area contributed by atoms with Crippen molar-refractivity contribution in [2.24, 2.45) is 0 Å². The minimum absolute atomic E-state index is 0.00840. The molecule has 0 saturated carbocycles. The number of hydrogen-bond acceptors (Lipinski definition) is 8. The molecule has 0 unspecified atom stereocenters. The monoisotopic (exact) mass is 1020 g/mol. The lowest BCUT2D eigenvalue weighted by Gasteiger charge is -2.22. The fourth-order valence-electron chi connectivity index (χ4n) is 8.98. The van der Waals surface area contributed by atoms with Crippen molar-refractivity contribution in [2.45, 2.75) is 69.2 Å². The Morgan fingerprint density at radius 2 is 0.632 bits per heavy atom. The summed E-state index contributed by atoms with van der Waals surface area (Å²) in [4.78, 5) is 45.9. The Kier molecular flexibility index (Phi) is 18.6. The van der Waals surface area contributed by atoms with Crippen LogP contribution in [-0.2, 0) is 0 Å². The van der Waals surface area contributed by atoms with Crippen molar-refractivity contribution < 1.29 is 48.3 Å². The average molecular weight is 1020 g/mol. The van der Waals surface area contributed by atoms with Gasteiger partial charge in [0.15, 0.2) is 0 Å². The third-order valence-corrected chi connectivity index (χ3v) is 12.9. The van der Waals surface area contributed by atoms with E-state index in [1.165, 1.54) is 46.5 Å². The van der Waals surface area contributed by atoms with Crippen LogP contribution in [0.2, 0.25) is 0 Å². The minimum atomic E-state index is -1.12. The SMILES string of the molecule is COc1c(C)cc(Oc2c(C)cc(-c3cc(C)c(Oc4cc(C)c(OC)c(C)c4)c(C)c3C)c(C)c2C)cc1C.O=C(O)c1ccccc1C(=O)Nc1ccccc1.O=C(O)c1ccccc1C(=O)Nc1ccccc1. The number of rotatable bonds is 13. The van der Waals surface area contributed by atoms with Crippen LogP contribution in [0.5, 0.6) is 34.5 Å². The highest BCUT2D eigenvalue weighted by atomic mass is 16.5. The standard InChI is InChI=1S/C36H42O4.2C14H11NO3/c1-19-13-29(14-20(2)33(19)37-11)39-35-23(5)17-31(25(7)27(35)9)32-18-24(6)36(28(10)26(32)8)40-30-15-21(3)34(38-12)22(4)16-30;2*16-13(15-10-6-2-1-3-7-10)11-8-4-5-9-12(11)14(17)18/h13-18H,1-12H3;2*1-9H,(H,15,16)(H,17,18). The number of carbonyl (C=O) groups is 4. The summed E-state index contributed by atoms with van der Waals surface area (Å²) in [6.45, 7) is 21.1. The number of carboxylic acid groups (broad SMARTS) is 2. The van der Waals surface area contributed by atoms with E-state index < -0.39 is 23.8 Å². The molecule has 8 rings (SSSR count). The molecule has 4 N–H and O–H groups in total. The molecule has 12 heteroatoms.